The number of fused-ring (bicyclic) bond motifs is 5. The predicted molar refractivity (Wildman–Crippen MR) is 120 cm³/mol. The molecule has 0 heterocycles. The minimum Gasteiger partial charge on any atom is -0.393 e. The summed E-state index contributed by atoms with van der Waals surface area (Å²) in [6.45, 7) is 6.69. The Balaban J connectivity index is 1.50. The third kappa shape index (κ3) is 4.17. The second-order valence-electron chi connectivity index (χ2n) is 11.9. The molecule has 4 fully saturated rings. The highest BCUT2D eigenvalue weighted by Gasteiger charge is 2.65. The van der Waals surface area contributed by atoms with Crippen LogP contribution in [0, 0.1) is 46.3 Å². The molecule has 0 radical (unpaired) electrons. The van der Waals surface area contributed by atoms with Crippen LogP contribution in [0.1, 0.15) is 78.6 Å². The molecular weight excluding hydrogens is 432 g/mol. The summed E-state index contributed by atoms with van der Waals surface area (Å²) in [5, 5.41) is 33.1. The maximum Gasteiger partial charge on any atom is 0.397 e. The Kier molecular flexibility index (Phi) is 6.80. The fourth-order valence-electron chi connectivity index (χ4n) is 8.90. The first-order valence-electron chi connectivity index (χ1n) is 12.5. The van der Waals surface area contributed by atoms with Gasteiger partial charge in [-0.05, 0) is 104 Å². The topological polar surface area (TPSA) is 124 Å². The lowest BCUT2D eigenvalue weighted by Gasteiger charge is -2.63. The van der Waals surface area contributed by atoms with Gasteiger partial charge in [-0.1, -0.05) is 20.8 Å². The van der Waals surface area contributed by atoms with E-state index in [-0.39, 0.29) is 53.3 Å². The second kappa shape index (κ2) is 8.76. The van der Waals surface area contributed by atoms with Gasteiger partial charge in [0.2, 0.25) is 0 Å². The summed E-state index contributed by atoms with van der Waals surface area (Å²) >= 11 is 0. The molecule has 0 aromatic heterocycles. The number of hydrogen-bond acceptors (Lipinski definition) is 6. The average molecular weight is 475 g/mol. The lowest BCUT2D eigenvalue weighted by molar-refractivity contribution is -0.207. The Morgan fingerprint density at radius 3 is 2.44 bits per heavy atom. The van der Waals surface area contributed by atoms with Crippen molar-refractivity contribution < 1.29 is 32.5 Å². The van der Waals surface area contributed by atoms with Crippen LogP contribution in [0.4, 0.5) is 0 Å². The Labute approximate surface area is 192 Å². The lowest BCUT2D eigenvalue weighted by Crippen LogP contribution is -2.62. The molecule has 4 saturated carbocycles. The van der Waals surface area contributed by atoms with E-state index in [4.69, 9.17) is 4.55 Å². The summed E-state index contributed by atoms with van der Waals surface area (Å²) in [7, 11) is -4.40. The second-order valence-corrected chi connectivity index (χ2v) is 13.0. The monoisotopic (exact) mass is 474 g/mol. The van der Waals surface area contributed by atoms with E-state index in [1.807, 2.05) is 0 Å². The van der Waals surface area contributed by atoms with Crippen LogP contribution in [0.15, 0.2) is 0 Å². The van der Waals surface area contributed by atoms with Gasteiger partial charge in [0.1, 0.15) is 0 Å². The van der Waals surface area contributed by atoms with Crippen LogP contribution < -0.4 is 0 Å². The van der Waals surface area contributed by atoms with Crippen LogP contribution >= 0.6 is 0 Å². The molecule has 4 N–H and O–H groups in total. The largest absolute Gasteiger partial charge is 0.397 e. The molecule has 0 spiro atoms. The third-order valence-electron chi connectivity index (χ3n) is 10.6. The Morgan fingerprint density at radius 1 is 1.03 bits per heavy atom. The summed E-state index contributed by atoms with van der Waals surface area (Å²) in [6.07, 6.45) is 6.26. The molecule has 0 bridgehead atoms. The lowest BCUT2D eigenvalue weighted by atomic mass is 9.43. The molecule has 4 rings (SSSR count). The predicted octanol–water partition coefficient (Wildman–Crippen LogP) is 3.18. The molecule has 0 aliphatic heterocycles. The summed E-state index contributed by atoms with van der Waals surface area (Å²) < 4.78 is 34.8. The Bertz CT molecular complexity index is 787. The fourth-order valence-corrected chi connectivity index (χ4v) is 9.23. The molecular formula is C24H42O7S. The number of aliphatic hydroxyl groups is 3. The SMILES string of the molecule is C[C@H](CCCOS(=O)(=O)O)[C@H]1CC[C@H]2[C@@H]3[C@H](O)C[C@@H]4C[C@H](O)CC[C@]4(C)[C@H]3C[C@H](O)[C@]12C. The quantitative estimate of drug-likeness (QED) is 0.344. The van der Waals surface area contributed by atoms with Crippen LogP contribution in [-0.2, 0) is 14.6 Å². The minimum atomic E-state index is -4.40. The van der Waals surface area contributed by atoms with Crippen LogP contribution in [0.2, 0.25) is 0 Å². The molecule has 186 valence electrons. The van der Waals surface area contributed by atoms with Gasteiger partial charge in [0.05, 0.1) is 24.9 Å². The number of hydrogen-bond donors (Lipinski definition) is 4. The van der Waals surface area contributed by atoms with Crippen LogP contribution in [0.5, 0.6) is 0 Å². The molecule has 8 heteroatoms. The van der Waals surface area contributed by atoms with Crippen molar-refractivity contribution in [3.05, 3.63) is 0 Å². The van der Waals surface area contributed by atoms with Gasteiger partial charge in [0, 0.05) is 0 Å². The van der Waals surface area contributed by atoms with Crippen molar-refractivity contribution in [3.63, 3.8) is 0 Å². The standard InChI is InChI=1S/C24H42O7S/c1-14(5-4-10-31-32(28,29)30)17-6-7-18-22-19(13-21(27)24(17,18)3)23(2)9-8-16(25)11-15(23)12-20(22)26/h14-22,25-27H,4-13H2,1-3H3,(H,28,29,30)/t14-,15+,16-,17-,18+,19+,20-,21+,22+,23+,24-/m1/s1. The van der Waals surface area contributed by atoms with E-state index in [0.29, 0.717) is 24.7 Å². The van der Waals surface area contributed by atoms with Crippen molar-refractivity contribution in [2.45, 2.75) is 96.9 Å². The van der Waals surface area contributed by atoms with E-state index < -0.39 is 16.5 Å². The summed E-state index contributed by atoms with van der Waals surface area (Å²) in [6, 6.07) is 0. The Morgan fingerprint density at radius 2 is 1.75 bits per heavy atom. The van der Waals surface area contributed by atoms with E-state index in [9.17, 15) is 23.7 Å². The zero-order valence-corrected chi connectivity index (χ0v) is 20.5. The van der Waals surface area contributed by atoms with Crippen LogP contribution in [0.25, 0.3) is 0 Å². The first kappa shape index (κ1) is 24.9. The average Bonchev–Trinajstić information content (AvgIpc) is 3.05. The summed E-state index contributed by atoms with van der Waals surface area (Å²) in [5.41, 5.74) is -0.189. The molecule has 0 amide bonds. The number of rotatable bonds is 6. The van der Waals surface area contributed by atoms with Gasteiger partial charge < -0.3 is 15.3 Å². The molecule has 0 saturated heterocycles. The van der Waals surface area contributed by atoms with Crippen LogP contribution in [0.3, 0.4) is 0 Å². The van der Waals surface area contributed by atoms with Crippen molar-refractivity contribution in [1.29, 1.82) is 0 Å². The highest BCUT2D eigenvalue weighted by molar-refractivity contribution is 7.80. The summed E-state index contributed by atoms with van der Waals surface area (Å²) in [4.78, 5) is 0. The van der Waals surface area contributed by atoms with Gasteiger partial charge in [-0.2, -0.15) is 8.42 Å². The maximum atomic E-state index is 11.6. The molecule has 0 unspecified atom stereocenters. The van der Waals surface area contributed by atoms with Gasteiger partial charge in [-0.25, -0.2) is 4.18 Å². The molecule has 11 atom stereocenters. The van der Waals surface area contributed by atoms with Crippen molar-refractivity contribution in [1.82, 2.24) is 0 Å². The molecule has 0 aromatic carbocycles. The molecule has 0 aromatic rings. The normalized spacial score (nSPS) is 49.7. The van der Waals surface area contributed by atoms with E-state index in [1.165, 1.54) is 0 Å². The molecule has 7 nitrogen and oxygen atoms in total. The van der Waals surface area contributed by atoms with E-state index in [0.717, 1.165) is 44.9 Å². The minimum absolute atomic E-state index is 0.0341. The smallest absolute Gasteiger partial charge is 0.393 e. The van der Waals surface area contributed by atoms with Gasteiger partial charge >= 0.3 is 10.4 Å². The summed E-state index contributed by atoms with van der Waals surface area (Å²) in [5.74, 6) is 1.67. The van der Waals surface area contributed by atoms with Crippen LogP contribution in [-0.4, -0.2) is 53.2 Å². The third-order valence-corrected chi connectivity index (χ3v) is 11.0. The maximum absolute atomic E-state index is 11.6. The first-order valence-corrected chi connectivity index (χ1v) is 13.9. The van der Waals surface area contributed by atoms with E-state index in [1.54, 1.807) is 0 Å². The fraction of sp³-hybridized carbons (Fsp3) is 1.00. The molecule has 4 aliphatic carbocycles. The highest BCUT2D eigenvalue weighted by Crippen LogP contribution is 2.68. The number of aliphatic hydroxyl groups excluding tert-OH is 3. The van der Waals surface area contributed by atoms with Crippen molar-refractivity contribution in [2.24, 2.45) is 46.3 Å². The van der Waals surface area contributed by atoms with Gasteiger partial charge in [0.15, 0.2) is 0 Å². The van der Waals surface area contributed by atoms with Crippen molar-refractivity contribution in [2.75, 3.05) is 6.61 Å². The first-order chi connectivity index (χ1) is 14.9. The van der Waals surface area contributed by atoms with Crippen molar-refractivity contribution >= 4 is 10.4 Å². The van der Waals surface area contributed by atoms with Crippen molar-refractivity contribution in [3.8, 4) is 0 Å². The molecule has 4 aliphatic rings. The van der Waals surface area contributed by atoms with Gasteiger partial charge in [-0.15, -0.1) is 0 Å². The highest BCUT2D eigenvalue weighted by atomic mass is 32.3. The van der Waals surface area contributed by atoms with E-state index >= 15 is 0 Å². The van der Waals surface area contributed by atoms with E-state index in [2.05, 4.69) is 25.0 Å². The van der Waals surface area contributed by atoms with Gasteiger partial charge in [-0.3, -0.25) is 4.55 Å². The zero-order chi connectivity index (χ0) is 23.5. The Hall–Kier alpha value is -0.250. The van der Waals surface area contributed by atoms with Gasteiger partial charge in [0.25, 0.3) is 0 Å². The zero-order valence-electron chi connectivity index (χ0n) is 19.7. The molecule has 32 heavy (non-hydrogen) atoms.